The quantitative estimate of drug-likeness (QED) is 0.0857. The molecule has 16 heteroatoms. The molecule has 0 amide bonds. The molecule has 73 heavy (non-hydrogen) atoms. The minimum Gasteiger partial charge on any atom is -0.326 e. The zero-order chi connectivity index (χ0) is 49.6. The Morgan fingerprint density at radius 2 is 0.658 bits per heavy atom. The first-order valence-corrected chi connectivity index (χ1v) is 24.4. The Morgan fingerprint density at radius 3 is 1.03 bits per heavy atom. The van der Waals surface area contributed by atoms with Gasteiger partial charge in [-0.3, -0.25) is 9.13 Å². The van der Waals surface area contributed by atoms with E-state index in [-0.39, 0.29) is 52.5 Å². The molecular formula is C57H48N16. The summed E-state index contributed by atoms with van der Waals surface area (Å²) in [7, 11) is 0. The van der Waals surface area contributed by atoms with Crippen molar-refractivity contribution in [2.75, 3.05) is 0 Å². The predicted molar refractivity (Wildman–Crippen MR) is 293 cm³/mol. The number of nitrogens with zero attached hydrogens (tertiary/aromatic N) is 8. The first-order chi connectivity index (χ1) is 35.9. The molecule has 4 aliphatic heterocycles. The van der Waals surface area contributed by atoms with Gasteiger partial charge in [-0.15, -0.1) is 0 Å². The van der Waals surface area contributed by atoms with Crippen molar-refractivity contribution in [2.45, 2.75) is 52.5 Å². The number of hydrogen-bond acceptors (Lipinski definition) is 14. The number of hydrogen-bond donors (Lipinski definition) is 8. The lowest BCUT2D eigenvalue weighted by Gasteiger charge is -2.16. The predicted octanol–water partition coefficient (Wildman–Crippen LogP) is 5.87. The zero-order valence-electron chi connectivity index (χ0n) is 39.6. The molecule has 2 aromatic heterocycles. The van der Waals surface area contributed by atoms with E-state index in [1.165, 1.54) is 6.21 Å². The maximum atomic E-state index is 9.05. The highest BCUT2D eigenvalue weighted by Crippen LogP contribution is 2.48. The third-order valence-electron chi connectivity index (χ3n) is 15.6. The second-order valence-corrected chi connectivity index (χ2v) is 18.8. The van der Waals surface area contributed by atoms with E-state index in [1.54, 1.807) is 0 Å². The van der Waals surface area contributed by atoms with Crippen LogP contribution in [-0.2, 0) is 52.5 Å². The minimum atomic E-state index is 0.0971. The molecule has 0 saturated heterocycles. The number of aliphatic imine (C=N–C) groups is 4. The number of amidine groups is 4. The summed E-state index contributed by atoms with van der Waals surface area (Å²) in [6, 6.07) is 32.5. The van der Waals surface area contributed by atoms with Crippen LogP contribution in [-0.4, -0.2) is 38.7 Å². The van der Waals surface area contributed by atoms with Crippen LogP contribution in [0.1, 0.15) is 66.8 Å². The Bertz CT molecular complexity index is 4490. The molecule has 16 nitrogen and oxygen atoms in total. The third-order valence-corrected chi connectivity index (χ3v) is 15.6. The molecule has 0 radical (unpaired) electrons. The minimum absolute atomic E-state index is 0.0971. The van der Waals surface area contributed by atoms with Gasteiger partial charge in [0.15, 0.2) is 23.3 Å². The maximum Gasteiger partial charge on any atom is 0.165 e. The van der Waals surface area contributed by atoms with Gasteiger partial charge in [0.05, 0.1) is 0 Å². The highest BCUT2D eigenvalue weighted by atomic mass is 15.3. The van der Waals surface area contributed by atoms with E-state index in [0.29, 0.717) is 62.6 Å². The first-order valence-electron chi connectivity index (χ1n) is 24.4. The van der Waals surface area contributed by atoms with Crippen LogP contribution in [0, 0.1) is 5.41 Å². The SMILES string of the molecule is N=Cc1c2c(c(CN)c3ccccc13)C1=NC2=Nc2c3c(CN)c4ccccc4c(CN)c3c3n2Cn2c(c4c(CN)c5ccccc5c(CN)c4c2=NC2=NC(=N3)c3c2c(CN)c2ccccc2c3CN)=N1. The second kappa shape index (κ2) is 16.0. The van der Waals surface area contributed by atoms with E-state index in [2.05, 4.69) is 45.5 Å². The van der Waals surface area contributed by atoms with Gasteiger partial charge in [0.2, 0.25) is 0 Å². The second-order valence-electron chi connectivity index (χ2n) is 18.8. The molecule has 8 aromatic carbocycles. The lowest BCUT2D eigenvalue weighted by Crippen LogP contribution is -2.32. The summed E-state index contributed by atoms with van der Waals surface area (Å²) in [5, 5.41) is 19.6. The van der Waals surface area contributed by atoms with Crippen LogP contribution < -0.4 is 51.1 Å². The normalized spacial score (nSPS) is 14.3. The monoisotopic (exact) mass is 956 g/mol. The van der Waals surface area contributed by atoms with Crippen LogP contribution in [0.2, 0.25) is 0 Å². The van der Waals surface area contributed by atoms with E-state index in [4.69, 9.17) is 75.5 Å². The standard InChI is InChI=1S/C57H48N16/c58-17-34-26-9-1-2-10-27(26)35(18-59)43-42(34)50-66-51(43)69-55-48-40(23-64)32-15-7-8-16-33(32)41(24-65)49(48)57-71-53-45-37(20-61)29-12-4-3-11-28(29)36(19-60)44(45)52(67-53)70-56-47-39(22-63)31-14-6-5-13-30(31)38(21-62)46(47)54(68-50)72(56)25-73(55)57/h1-17,58H,18-25,59-65H2. The number of nitrogens with one attached hydrogen (secondary N) is 1. The van der Waals surface area contributed by atoms with Crippen LogP contribution in [0.5, 0.6) is 0 Å². The van der Waals surface area contributed by atoms with Crippen molar-refractivity contribution in [2.24, 2.45) is 70.1 Å². The van der Waals surface area contributed by atoms with Crippen molar-refractivity contribution in [1.82, 2.24) is 9.13 Å². The van der Waals surface area contributed by atoms with Crippen LogP contribution in [0.4, 0.5) is 11.6 Å². The number of aromatic nitrogens is 2. The Balaban J connectivity index is 1.31. The van der Waals surface area contributed by atoms with Gasteiger partial charge >= 0.3 is 0 Å². The molecule has 0 aliphatic carbocycles. The summed E-state index contributed by atoms with van der Waals surface area (Å²) in [6.07, 6.45) is 1.37. The van der Waals surface area contributed by atoms with E-state index in [0.717, 1.165) is 115 Å². The van der Waals surface area contributed by atoms with Crippen LogP contribution in [0.3, 0.4) is 0 Å². The van der Waals surface area contributed by atoms with Gasteiger partial charge in [-0.1, -0.05) is 97.1 Å². The smallest absolute Gasteiger partial charge is 0.165 e. The molecule has 0 fully saturated rings. The number of rotatable bonds is 8. The largest absolute Gasteiger partial charge is 0.326 e. The van der Waals surface area contributed by atoms with Crippen LogP contribution in [0.25, 0.3) is 64.6 Å². The molecule has 356 valence electrons. The molecule has 0 spiro atoms. The van der Waals surface area contributed by atoms with Gasteiger partial charge in [-0.25, -0.2) is 30.0 Å². The number of benzene rings is 8. The summed E-state index contributed by atoms with van der Waals surface area (Å²) >= 11 is 0. The summed E-state index contributed by atoms with van der Waals surface area (Å²) in [6.45, 7) is 1.28. The molecule has 0 atom stereocenters. The van der Waals surface area contributed by atoms with E-state index < -0.39 is 0 Å². The van der Waals surface area contributed by atoms with Crippen molar-refractivity contribution in [3.05, 3.63) is 175 Å². The van der Waals surface area contributed by atoms with Gasteiger partial charge in [-0.05, 0) is 82.0 Å². The summed E-state index contributed by atoms with van der Waals surface area (Å²) < 4.78 is 4.20. The molecule has 6 bridgehead atoms. The van der Waals surface area contributed by atoms with Crippen molar-refractivity contribution in [3.63, 3.8) is 0 Å². The van der Waals surface area contributed by atoms with E-state index in [9.17, 15) is 0 Å². The summed E-state index contributed by atoms with van der Waals surface area (Å²) in [5.41, 5.74) is 58.9. The maximum absolute atomic E-state index is 9.05. The van der Waals surface area contributed by atoms with Gasteiger partial charge in [0.25, 0.3) is 0 Å². The van der Waals surface area contributed by atoms with Crippen molar-refractivity contribution >= 4 is 106 Å². The molecule has 0 saturated carbocycles. The zero-order valence-corrected chi connectivity index (χ0v) is 39.6. The number of nitrogens with two attached hydrogens (primary N) is 7. The fraction of sp³-hybridized carbons (Fsp3) is 0.140. The van der Waals surface area contributed by atoms with Crippen LogP contribution in [0.15, 0.2) is 127 Å². The Labute approximate surface area is 416 Å². The van der Waals surface area contributed by atoms with E-state index >= 15 is 0 Å². The molecule has 15 N–H and O–H groups in total. The average Bonchev–Trinajstić information content (AvgIpc) is 4.14. The molecule has 10 aromatic rings. The van der Waals surface area contributed by atoms with Crippen molar-refractivity contribution in [1.29, 1.82) is 5.41 Å². The van der Waals surface area contributed by atoms with Crippen molar-refractivity contribution < 1.29 is 0 Å². The fourth-order valence-corrected chi connectivity index (χ4v) is 12.6. The Morgan fingerprint density at radius 1 is 0.356 bits per heavy atom. The molecule has 6 heterocycles. The van der Waals surface area contributed by atoms with Crippen molar-refractivity contribution in [3.8, 4) is 0 Å². The average molecular weight is 957 g/mol. The van der Waals surface area contributed by atoms with E-state index in [1.807, 2.05) is 60.7 Å². The summed E-state index contributed by atoms with van der Waals surface area (Å²) in [5.74, 6) is 2.67. The molecule has 4 aliphatic rings. The van der Waals surface area contributed by atoms with Crippen LogP contribution >= 0.6 is 0 Å². The first kappa shape index (κ1) is 43.3. The molecule has 0 unspecified atom stereocenters. The lowest BCUT2D eigenvalue weighted by atomic mass is 9.89. The van der Waals surface area contributed by atoms with Gasteiger partial charge in [-0.2, -0.15) is 0 Å². The highest BCUT2D eigenvalue weighted by molar-refractivity contribution is 6.31. The third kappa shape index (κ3) is 5.59. The van der Waals surface area contributed by atoms with Gasteiger partial charge < -0.3 is 45.5 Å². The molecule has 14 rings (SSSR count). The molecular weight excluding hydrogens is 909 g/mol. The number of fused-ring (bicyclic) bond motifs is 18. The topological polar surface area (TPSA) is 290 Å². The lowest BCUT2D eigenvalue weighted by molar-refractivity contribution is 0.583. The fourth-order valence-electron chi connectivity index (χ4n) is 12.6. The van der Waals surface area contributed by atoms with Gasteiger partial charge in [0.1, 0.15) is 29.3 Å². The highest BCUT2D eigenvalue weighted by Gasteiger charge is 2.37. The van der Waals surface area contributed by atoms with Gasteiger partial charge in [0, 0.05) is 101 Å². The Kier molecular flexibility index (Phi) is 9.52. The summed E-state index contributed by atoms with van der Waals surface area (Å²) in [4.78, 5) is 33.8. The Hall–Kier alpha value is -8.45.